The van der Waals surface area contributed by atoms with Gasteiger partial charge in [0.1, 0.15) is 18.2 Å². The van der Waals surface area contributed by atoms with E-state index in [1.54, 1.807) is 28.9 Å². The second-order valence-electron chi connectivity index (χ2n) is 7.28. The summed E-state index contributed by atoms with van der Waals surface area (Å²) in [6.45, 7) is 4.49. The first-order chi connectivity index (χ1) is 15.4. The number of hydrogen-bond donors (Lipinski definition) is 2. The van der Waals surface area contributed by atoms with Crippen LogP contribution in [0, 0.1) is 5.82 Å². The Morgan fingerprint density at radius 1 is 1.16 bits per heavy atom. The second kappa shape index (κ2) is 10.5. The van der Waals surface area contributed by atoms with Crippen LogP contribution in [0.3, 0.4) is 0 Å². The summed E-state index contributed by atoms with van der Waals surface area (Å²) < 4.78 is 20.3. The number of hydrogen-bond acceptors (Lipinski definition) is 5. The number of carboxylic acid groups (broad SMARTS) is 1. The average Bonchev–Trinajstić information content (AvgIpc) is 3.18. The van der Waals surface area contributed by atoms with Crippen molar-refractivity contribution < 1.29 is 23.8 Å². The van der Waals surface area contributed by atoms with E-state index in [1.165, 1.54) is 24.3 Å². The van der Waals surface area contributed by atoms with Crippen molar-refractivity contribution in [1.29, 1.82) is 0 Å². The van der Waals surface area contributed by atoms with Gasteiger partial charge in [0.25, 0.3) is 5.91 Å². The monoisotopic (exact) mass is 440 g/mol. The van der Waals surface area contributed by atoms with Gasteiger partial charge >= 0.3 is 5.97 Å². The minimum Gasteiger partial charge on any atom is -0.492 e. The minimum atomic E-state index is -1.00. The Morgan fingerprint density at radius 3 is 2.47 bits per heavy atom. The molecule has 8 nitrogen and oxygen atoms in total. The summed E-state index contributed by atoms with van der Waals surface area (Å²) in [6, 6.07) is 11.8. The Morgan fingerprint density at radius 2 is 1.84 bits per heavy atom. The van der Waals surface area contributed by atoms with Crippen LogP contribution in [0.2, 0.25) is 0 Å². The van der Waals surface area contributed by atoms with Crippen molar-refractivity contribution in [2.75, 3.05) is 6.61 Å². The number of halogens is 1. The van der Waals surface area contributed by atoms with Gasteiger partial charge < -0.3 is 15.2 Å². The molecule has 0 aliphatic heterocycles. The number of aromatic carboxylic acids is 1. The fraction of sp³-hybridized carbons (Fsp3) is 0.304. The summed E-state index contributed by atoms with van der Waals surface area (Å²) in [5.41, 5.74) is 1.92. The van der Waals surface area contributed by atoms with Crippen LogP contribution in [0.4, 0.5) is 4.39 Å². The fourth-order valence-corrected chi connectivity index (χ4v) is 3.22. The van der Waals surface area contributed by atoms with Gasteiger partial charge in [0.05, 0.1) is 23.8 Å². The molecule has 0 saturated carbocycles. The molecule has 0 fully saturated rings. The molecule has 9 heteroatoms. The maximum Gasteiger partial charge on any atom is 0.335 e. The molecule has 168 valence electrons. The first-order valence-electron chi connectivity index (χ1n) is 10.3. The number of benzene rings is 2. The molecule has 0 saturated heterocycles. The highest BCUT2D eigenvalue weighted by Crippen LogP contribution is 2.16. The normalized spacial score (nSPS) is 11.7. The van der Waals surface area contributed by atoms with Gasteiger partial charge in [-0.2, -0.15) is 0 Å². The van der Waals surface area contributed by atoms with Crippen molar-refractivity contribution in [2.24, 2.45) is 0 Å². The lowest BCUT2D eigenvalue weighted by atomic mass is 10.1. The molecule has 1 unspecified atom stereocenters. The van der Waals surface area contributed by atoms with Crippen molar-refractivity contribution >= 4 is 11.9 Å². The first kappa shape index (κ1) is 22.9. The fourth-order valence-electron chi connectivity index (χ4n) is 3.22. The van der Waals surface area contributed by atoms with E-state index in [2.05, 4.69) is 15.6 Å². The molecule has 0 aliphatic rings. The quantitative estimate of drug-likeness (QED) is 0.499. The highest BCUT2D eigenvalue weighted by atomic mass is 19.1. The van der Waals surface area contributed by atoms with E-state index < -0.39 is 5.97 Å². The topological polar surface area (TPSA) is 106 Å². The van der Waals surface area contributed by atoms with Crippen molar-refractivity contribution in [3.8, 4) is 5.75 Å². The maximum atomic E-state index is 13.0. The third kappa shape index (κ3) is 5.69. The molecule has 2 N–H and O–H groups in total. The number of amides is 1. The highest BCUT2D eigenvalue weighted by Gasteiger charge is 2.21. The molecule has 0 bridgehead atoms. The van der Waals surface area contributed by atoms with Gasteiger partial charge in [0, 0.05) is 0 Å². The van der Waals surface area contributed by atoms with Gasteiger partial charge in [-0.25, -0.2) is 13.9 Å². The number of carbonyl (C=O) groups excluding carboxylic acids is 1. The van der Waals surface area contributed by atoms with E-state index >= 15 is 0 Å². The summed E-state index contributed by atoms with van der Waals surface area (Å²) in [5.74, 6) is -1.14. The van der Waals surface area contributed by atoms with E-state index in [-0.39, 0.29) is 29.0 Å². The summed E-state index contributed by atoms with van der Waals surface area (Å²) in [6.07, 6.45) is 1.42. The molecule has 32 heavy (non-hydrogen) atoms. The lowest BCUT2D eigenvalue weighted by Gasteiger charge is -2.14. The molecule has 1 aromatic heterocycles. The summed E-state index contributed by atoms with van der Waals surface area (Å²) in [4.78, 5) is 23.9. The van der Waals surface area contributed by atoms with E-state index in [0.29, 0.717) is 31.0 Å². The van der Waals surface area contributed by atoms with Gasteiger partial charge in [-0.1, -0.05) is 30.7 Å². The lowest BCUT2D eigenvalue weighted by Crippen LogP contribution is -2.28. The number of rotatable bonds is 10. The maximum absolute atomic E-state index is 13.0. The Balaban J connectivity index is 1.65. The third-order valence-electron chi connectivity index (χ3n) is 4.93. The smallest absolute Gasteiger partial charge is 0.335 e. The van der Waals surface area contributed by atoms with Crippen LogP contribution in [0.15, 0.2) is 48.5 Å². The lowest BCUT2D eigenvalue weighted by molar-refractivity contribution is 0.0696. The number of ether oxygens (including phenoxy) is 1. The van der Waals surface area contributed by atoms with Crippen molar-refractivity contribution in [3.63, 3.8) is 0 Å². The van der Waals surface area contributed by atoms with E-state index in [1.807, 2.05) is 13.8 Å². The highest BCUT2D eigenvalue weighted by molar-refractivity contribution is 5.93. The first-order valence-corrected chi connectivity index (χ1v) is 10.3. The number of aromatic nitrogens is 3. The summed E-state index contributed by atoms with van der Waals surface area (Å²) in [7, 11) is 0. The molecule has 0 radical (unpaired) electrons. The zero-order valence-corrected chi connectivity index (χ0v) is 17.9. The average molecular weight is 440 g/mol. The zero-order valence-electron chi connectivity index (χ0n) is 17.9. The molecule has 3 rings (SSSR count). The largest absolute Gasteiger partial charge is 0.492 e. The number of nitrogens with zero attached hydrogens (tertiary/aromatic N) is 3. The third-order valence-corrected chi connectivity index (χ3v) is 4.93. The van der Waals surface area contributed by atoms with Crippen molar-refractivity contribution in [3.05, 3.63) is 76.9 Å². The molecular weight excluding hydrogens is 415 g/mol. The van der Waals surface area contributed by atoms with Gasteiger partial charge in [0.2, 0.25) is 0 Å². The van der Waals surface area contributed by atoms with Crippen LogP contribution >= 0.6 is 0 Å². The molecular formula is C23H25FN4O4. The predicted octanol–water partition coefficient (Wildman–Crippen LogP) is 3.64. The SMILES string of the molecule is CCCc1c(C(=O)NC(C)c2ccc(C(=O)O)cc2)nnn1CCOc1ccc(F)cc1. The molecule has 1 amide bonds. The predicted molar refractivity (Wildman–Crippen MR) is 115 cm³/mol. The van der Waals surface area contributed by atoms with Crippen molar-refractivity contribution in [1.82, 2.24) is 20.3 Å². The molecule has 3 aromatic rings. The van der Waals surface area contributed by atoms with Crippen LogP contribution < -0.4 is 10.1 Å². The Labute approximate surface area is 185 Å². The van der Waals surface area contributed by atoms with E-state index in [4.69, 9.17) is 9.84 Å². The number of nitrogens with one attached hydrogen (secondary N) is 1. The Bertz CT molecular complexity index is 1060. The minimum absolute atomic E-state index is 0.184. The van der Waals surface area contributed by atoms with Crippen molar-refractivity contribution in [2.45, 2.75) is 39.3 Å². The Hall–Kier alpha value is -3.75. The summed E-state index contributed by atoms with van der Waals surface area (Å²) in [5, 5.41) is 20.1. The standard InChI is InChI=1S/C23H25FN4O4/c1-3-4-20-21(22(29)25-15(2)16-5-7-17(8-6-16)23(30)31)26-27-28(20)13-14-32-19-11-9-18(24)10-12-19/h5-12,15H,3-4,13-14H2,1-2H3,(H,25,29)(H,30,31). The summed E-state index contributed by atoms with van der Waals surface area (Å²) >= 11 is 0. The molecule has 0 aliphatic carbocycles. The molecule has 2 aromatic carbocycles. The zero-order chi connectivity index (χ0) is 23.1. The van der Waals surface area contributed by atoms with Crippen LogP contribution in [-0.4, -0.2) is 38.6 Å². The van der Waals surface area contributed by atoms with Crippen LogP contribution in [0.5, 0.6) is 5.75 Å². The Kier molecular flexibility index (Phi) is 7.54. The molecule has 1 heterocycles. The van der Waals surface area contributed by atoms with E-state index in [9.17, 15) is 14.0 Å². The second-order valence-corrected chi connectivity index (χ2v) is 7.28. The van der Waals surface area contributed by atoms with Gasteiger partial charge in [0.15, 0.2) is 5.69 Å². The van der Waals surface area contributed by atoms with Gasteiger partial charge in [-0.3, -0.25) is 4.79 Å². The van der Waals surface area contributed by atoms with E-state index in [0.717, 1.165) is 12.0 Å². The van der Waals surface area contributed by atoms with Crippen LogP contribution in [0.25, 0.3) is 0 Å². The van der Waals surface area contributed by atoms with Gasteiger partial charge in [-0.15, -0.1) is 5.10 Å². The molecule has 1 atom stereocenters. The number of carboxylic acids is 1. The van der Waals surface area contributed by atoms with Crippen LogP contribution in [0.1, 0.15) is 58.4 Å². The van der Waals surface area contributed by atoms with Gasteiger partial charge in [-0.05, 0) is 55.3 Å². The molecule has 0 spiro atoms. The number of carbonyl (C=O) groups is 2. The van der Waals surface area contributed by atoms with Crippen LogP contribution in [-0.2, 0) is 13.0 Å².